The van der Waals surface area contributed by atoms with Crippen molar-refractivity contribution in [2.24, 2.45) is 11.8 Å². The predicted molar refractivity (Wildman–Crippen MR) is 76.5 cm³/mol. The molecule has 18 heavy (non-hydrogen) atoms. The molecule has 3 rings (SSSR count). The Morgan fingerprint density at radius 1 is 1.33 bits per heavy atom. The fourth-order valence-corrected chi connectivity index (χ4v) is 3.92. The van der Waals surface area contributed by atoms with Crippen LogP contribution in [-0.2, 0) is 5.41 Å². The first-order valence-corrected chi connectivity index (χ1v) is 7.12. The van der Waals surface area contributed by atoms with Crippen molar-refractivity contribution < 1.29 is 0 Å². The summed E-state index contributed by atoms with van der Waals surface area (Å²) in [5.74, 6) is 1.49. The molecule has 1 aromatic rings. The number of hydrogen-bond acceptors (Lipinski definition) is 2. The Hall–Kier alpha value is -0.280. The molecular weight excluding hydrogens is 267 g/mol. The average Bonchev–Trinajstić information content (AvgIpc) is 2.72. The van der Waals surface area contributed by atoms with Crippen molar-refractivity contribution in [2.75, 3.05) is 33.7 Å². The van der Waals surface area contributed by atoms with Crippen LogP contribution < -0.4 is 5.32 Å². The highest BCUT2D eigenvalue weighted by Gasteiger charge is 2.67. The summed E-state index contributed by atoms with van der Waals surface area (Å²) in [5, 5.41) is 4.82. The van der Waals surface area contributed by atoms with Crippen LogP contribution in [0, 0.1) is 11.8 Å². The number of fused-ring (bicyclic) bond motifs is 1. The molecule has 0 amide bonds. The number of rotatable bonds is 3. The molecule has 0 aromatic heterocycles. The van der Waals surface area contributed by atoms with Crippen LogP contribution in [0.1, 0.15) is 5.56 Å². The van der Waals surface area contributed by atoms with Crippen molar-refractivity contribution >= 4 is 23.2 Å². The van der Waals surface area contributed by atoms with Crippen LogP contribution in [0.2, 0.25) is 10.0 Å². The number of hydrogen-bond donors (Lipinski definition) is 1. The zero-order valence-electron chi connectivity index (χ0n) is 10.7. The fraction of sp³-hybridized carbons (Fsp3) is 0.571. The Labute approximate surface area is 118 Å². The number of benzene rings is 1. The van der Waals surface area contributed by atoms with E-state index in [1.54, 1.807) is 0 Å². The Morgan fingerprint density at radius 2 is 2.11 bits per heavy atom. The maximum atomic E-state index is 6.16. The van der Waals surface area contributed by atoms with E-state index >= 15 is 0 Å². The summed E-state index contributed by atoms with van der Waals surface area (Å²) in [6, 6.07) is 6.12. The molecule has 1 aliphatic heterocycles. The summed E-state index contributed by atoms with van der Waals surface area (Å²) in [4.78, 5) is 2.28. The maximum Gasteiger partial charge on any atom is 0.0595 e. The molecule has 1 N–H and O–H groups in total. The summed E-state index contributed by atoms with van der Waals surface area (Å²) in [6.07, 6.45) is 0. The van der Waals surface area contributed by atoms with Crippen molar-refractivity contribution in [2.45, 2.75) is 5.41 Å². The summed E-state index contributed by atoms with van der Waals surface area (Å²) in [6.45, 7) is 3.33. The molecule has 0 bridgehead atoms. The van der Waals surface area contributed by atoms with E-state index in [0.29, 0.717) is 15.5 Å². The summed E-state index contributed by atoms with van der Waals surface area (Å²) in [7, 11) is 4.29. The molecule has 1 saturated heterocycles. The molecule has 0 unspecified atom stereocenters. The second kappa shape index (κ2) is 4.38. The van der Waals surface area contributed by atoms with E-state index in [4.69, 9.17) is 23.2 Å². The third kappa shape index (κ3) is 1.78. The van der Waals surface area contributed by atoms with E-state index in [2.05, 4.69) is 36.4 Å². The van der Waals surface area contributed by atoms with Gasteiger partial charge >= 0.3 is 0 Å². The van der Waals surface area contributed by atoms with Crippen LogP contribution in [0.25, 0.3) is 0 Å². The third-order valence-corrected chi connectivity index (χ3v) is 5.24. The highest BCUT2D eigenvalue weighted by molar-refractivity contribution is 6.42. The number of nitrogens with zero attached hydrogens (tertiary/aromatic N) is 1. The summed E-state index contributed by atoms with van der Waals surface area (Å²) in [5.41, 5.74) is 1.64. The minimum Gasteiger partial charge on any atom is -0.316 e. The van der Waals surface area contributed by atoms with Gasteiger partial charge in [0.15, 0.2) is 0 Å². The average molecular weight is 285 g/mol. The molecule has 1 heterocycles. The molecule has 1 saturated carbocycles. The minimum atomic E-state index is 0.290. The van der Waals surface area contributed by atoms with Gasteiger partial charge in [0.1, 0.15) is 0 Å². The first-order chi connectivity index (χ1) is 8.55. The first-order valence-electron chi connectivity index (χ1n) is 6.36. The van der Waals surface area contributed by atoms with Gasteiger partial charge in [0, 0.05) is 18.5 Å². The highest BCUT2D eigenvalue weighted by Crippen LogP contribution is 2.62. The zero-order valence-corrected chi connectivity index (χ0v) is 12.2. The molecule has 0 spiro atoms. The van der Waals surface area contributed by atoms with Gasteiger partial charge in [0.2, 0.25) is 0 Å². The molecule has 0 radical (unpaired) electrons. The van der Waals surface area contributed by atoms with Gasteiger partial charge in [0.05, 0.1) is 10.0 Å². The minimum absolute atomic E-state index is 0.290. The number of piperidine rings is 1. The number of nitrogens with one attached hydrogen (secondary N) is 1. The van der Waals surface area contributed by atoms with E-state index in [-0.39, 0.29) is 0 Å². The van der Waals surface area contributed by atoms with E-state index in [1.807, 2.05) is 6.07 Å². The molecule has 1 aliphatic carbocycles. The first kappa shape index (κ1) is 12.7. The quantitative estimate of drug-likeness (QED) is 0.918. The second-order valence-electron chi connectivity index (χ2n) is 5.78. The Kier molecular flexibility index (Phi) is 3.10. The van der Waals surface area contributed by atoms with E-state index in [9.17, 15) is 0 Å². The highest BCUT2D eigenvalue weighted by atomic mass is 35.5. The lowest BCUT2D eigenvalue weighted by Crippen LogP contribution is -2.28. The van der Waals surface area contributed by atoms with E-state index in [0.717, 1.165) is 31.5 Å². The molecule has 2 nitrogen and oxygen atoms in total. The lowest BCUT2D eigenvalue weighted by molar-refractivity contribution is 0.355. The van der Waals surface area contributed by atoms with Gasteiger partial charge in [0.25, 0.3) is 0 Å². The lowest BCUT2D eigenvalue weighted by Gasteiger charge is -2.19. The zero-order chi connectivity index (χ0) is 12.9. The molecule has 4 heteroatoms. The Morgan fingerprint density at radius 3 is 2.78 bits per heavy atom. The Balaban J connectivity index is 1.92. The molecular formula is C14H18Cl2N2. The second-order valence-corrected chi connectivity index (χ2v) is 6.59. The maximum absolute atomic E-state index is 6.16. The van der Waals surface area contributed by atoms with Gasteiger partial charge in [-0.3, -0.25) is 0 Å². The third-order valence-electron chi connectivity index (χ3n) is 4.50. The van der Waals surface area contributed by atoms with E-state index in [1.165, 1.54) is 5.56 Å². The van der Waals surface area contributed by atoms with Crippen LogP contribution in [0.5, 0.6) is 0 Å². The van der Waals surface area contributed by atoms with Crippen LogP contribution in [-0.4, -0.2) is 38.6 Å². The SMILES string of the molecule is CN(C)C[C@@H]1[C@H]2CNC[C@]21c1ccc(Cl)c(Cl)c1. The smallest absolute Gasteiger partial charge is 0.0595 e. The fourth-order valence-electron chi connectivity index (χ4n) is 3.63. The van der Waals surface area contributed by atoms with Crippen LogP contribution in [0.4, 0.5) is 0 Å². The van der Waals surface area contributed by atoms with Gasteiger partial charge in [-0.1, -0.05) is 29.3 Å². The largest absolute Gasteiger partial charge is 0.316 e. The molecule has 3 atom stereocenters. The number of halogens is 2. The van der Waals surface area contributed by atoms with Crippen molar-refractivity contribution in [3.63, 3.8) is 0 Å². The normalized spacial score (nSPS) is 33.8. The van der Waals surface area contributed by atoms with Crippen LogP contribution in [0.15, 0.2) is 18.2 Å². The van der Waals surface area contributed by atoms with Gasteiger partial charge in [-0.2, -0.15) is 0 Å². The Bertz CT molecular complexity index is 475. The predicted octanol–water partition coefficient (Wildman–Crippen LogP) is 2.64. The topological polar surface area (TPSA) is 15.3 Å². The van der Waals surface area contributed by atoms with Crippen molar-refractivity contribution in [3.05, 3.63) is 33.8 Å². The van der Waals surface area contributed by atoms with Gasteiger partial charge < -0.3 is 10.2 Å². The lowest BCUT2D eigenvalue weighted by atomic mass is 9.93. The van der Waals surface area contributed by atoms with Crippen molar-refractivity contribution in [1.82, 2.24) is 10.2 Å². The molecule has 2 fully saturated rings. The monoisotopic (exact) mass is 284 g/mol. The van der Waals surface area contributed by atoms with Gasteiger partial charge in [-0.15, -0.1) is 0 Å². The molecule has 1 aromatic carbocycles. The summed E-state index contributed by atoms with van der Waals surface area (Å²) < 4.78 is 0. The standard InChI is InChI=1S/C14H18Cl2N2/c1-18(2)7-11-10-6-17-8-14(10,11)9-3-4-12(15)13(16)5-9/h3-5,10-11,17H,6-8H2,1-2H3/t10-,11-,14+/m1/s1. The van der Waals surface area contributed by atoms with E-state index < -0.39 is 0 Å². The van der Waals surface area contributed by atoms with Crippen molar-refractivity contribution in [3.8, 4) is 0 Å². The molecule has 98 valence electrons. The van der Waals surface area contributed by atoms with Crippen LogP contribution >= 0.6 is 23.2 Å². The molecule has 2 aliphatic rings. The van der Waals surface area contributed by atoms with Gasteiger partial charge in [-0.05, 0) is 50.2 Å². The van der Waals surface area contributed by atoms with Gasteiger partial charge in [-0.25, -0.2) is 0 Å². The summed E-state index contributed by atoms with van der Waals surface area (Å²) >= 11 is 12.2. The van der Waals surface area contributed by atoms with Crippen LogP contribution in [0.3, 0.4) is 0 Å². The van der Waals surface area contributed by atoms with Crippen molar-refractivity contribution in [1.29, 1.82) is 0 Å².